The molecule has 1 fully saturated rings. The predicted octanol–water partition coefficient (Wildman–Crippen LogP) is 2.92. The van der Waals surface area contributed by atoms with E-state index < -0.39 is 41.7 Å². The molecule has 0 saturated carbocycles. The Morgan fingerprint density at radius 3 is 2.29 bits per heavy atom. The number of phenolic OH excluding ortho intramolecular Hbond substituents is 2. The molecule has 1 heterocycles. The summed E-state index contributed by atoms with van der Waals surface area (Å²) in [5, 5.41) is 43.0. The Morgan fingerprint density at radius 2 is 1.62 bits per heavy atom. The monoisotopic (exact) mass is 464 g/mol. The van der Waals surface area contributed by atoms with Gasteiger partial charge in [0.2, 0.25) is 0 Å². The van der Waals surface area contributed by atoms with E-state index in [1.54, 1.807) is 19.1 Å². The van der Waals surface area contributed by atoms with Gasteiger partial charge in [0.05, 0.1) is 36.5 Å². The molecule has 0 radical (unpaired) electrons. The van der Waals surface area contributed by atoms with Crippen molar-refractivity contribution in [2.75, 3.05) is 7.11 Å². The molecule has 4 atom stereocenters. The van der Waals surface area contributed by atoms with Crippen LogP contribution in [-0.4, -0.2) is 57.4 Å². The highest BCUT2D eigenvalue weighted by Crippen LogP contribution is 2.45. The zero-order chi connectivity index (χ0) is 24.5. The van der Waals surface area contributed by atoms with Gasteiger partial charge >= 0.3 is 0 Å². The molecule has 1 aliphatic heterocycles. The van der Waals surface area contributed by atoms with E-state index in [9.17, 15) is 30.0 Å². The Balaban J connectivity index is 1.69. The van der Waals surface area contributed by atoms with Crippen LogP contribution >= 0.6 is 0 Å². The van der Waals surface area contributed by atoms with Crippen LogP contribution in [0, 0.1) is 6.92 Å². The number of fused-ring (bicyclic) bond motifs is 3. The fourth-order valence-electron chi connectivity index (χ4n) is 4.99. The predicted molar refractivity (Wildman–Crippen MR) is 122 cm³/mol. The van der Waals surface area contributed by atoms with Gasteiger partial charge in [0.15, 0.2) is 11.6 Å². The van der Waals surface area contributed by atoms with E-state index in [4.69, 9.17) is 9.47 Å². The molecule has 176 valence electrons. The average Bonchev–Trinajstić information content (AvgIpc) is 2.80. The van der Waals surface area contributed by atoms with Crippen molar-refractivity contribution in [3.8, 4) is 17.2 Å². The van der Waals surface area contributed by atoms with Crippen molar-refractivity contribution < 1.29 is 39.5 Å². The highest BCUT2D eigenvalue weighted by Gasteiger charge is 2.40. The lowest BCUT2D eigenvalue weighted by Gasteiger charge is -2.36. The van der Waals surface area contributed by atoms with E-state index in [-0.39, 0.29) is 40.0 Å². The molecule has 1 saturated heterocycles. The number of hydrogen-bond acceptors (Lipinski definition) is 8. The number of hydrogen-bond donors (Lipinski definition) is 4. The van der Waals surface area contributed by atoms with Crippen LogP contribution in [0.2, 0.25) is 0 Å². The molecule has 0 amide bonds. The first kappa shape index (κ1) is 22.3. The number of ether oxygens (including phenoxy) is 2. The van der Waals surface area contributed by atoms with Gasteiger partial charge in [-0.05, 0) is 43.7 Å². The Kier molecular flexibility index (Phi) is 5.12. The van der Waals surface area contributed by atoms with Crippen LogP contribution in [0.5, 0.6) is 17.2 Å². The van der Waals surface area contributed by atoms with Crippen molar-refractivity contribution in [3.05, 3.63) is 63.7 Å². The summed E-state index contributed by atoms with van der Waals surface area (Å²) in [6.45, 7) is 3.43. The highest BCUT2D eigenvalue weighted by atomic mass is 16.5. The number of aliphatic hydroxyl groups excluding tert-OH is 2. The number of rotatable bonds is 2. The zero-order valence-electron chi connectivity index (χ0n) is 18.8. The number of aromatic hydroxyl groups is 2. The molecular weight excluding hydrogens is 440 g/mol. The van der Waals surface area contributed by atoms with Crippen LogP contribution < -0.4 is 4.74 Å². The Hall–Kier alpha value is -3.46. The maximum Gasteiger partial charge on any atom is 0.198 e. The van der Waals surface area contributed by atoms with Gasteiger partial charge in [-0.25, -0.2) is 0 Å². The lowest BCUT2D eigenvalue weighted by Crippen LogP contribution is -2.44. The molecule has 0 spiro atoms. The summed E-state index contributed by atoms with van der Waals surface area (Å²) >= 11 is 0. The number of benzene rings is 3. The quantitative estimate of drug-likeness (QED) is 0.356. The first-order valence-electron chi connectivity index (χ1n) is 10.9. The summed E-state index contributed by atoms with van der Waals surface area (Å²) in [4.78, 5) is 26.9. The van der Waals surface area contributed by atoms with Crippen molar-refractivity contribution in [1.82, 2.24) is 0 Å². The lowest BCUT2D eigenvalue weighted by atomic mass is 9.79. The molecule has 0 aromatic heterocycles. The molecule has 8 nitrogen and oxygen atoms in total. The maximum atomic E-state index is 13.6. The van der Waals surface area contributed by atoms with Gasteiger partial charge in [0, 0.05) is 33.9 Å². The van der Waals surface area contributed by atoms with Gasteiger partial charge in [0.25, 0.3) is 0 Å². The molecule has 3 aromatic carbocycles. The summed E-state index contributed by atoms with van der Waals surface area (Å²) in [7, 11) is 1.47. The second kappa shape index (κ2) is 7.80. The molecule has 4 N–H and O–H groups in total. The zero-order valence-corrected chi connectivity index (χ0v) is 18.8. The summed E-state index contributed by atoms with van der Waals surface area (Å²) in [6.07, 6.45) is -3.60. The minimum atomic E-state index is -1.07. The number of methoxy groups -OCH3 is 1. The largest absolute Gasteiger partial charge is 0.507 e. The van der Waals surface area contributed by atoms with E-state index in [0.29, 0.717) is 16.5 Å². The first-order valence-corrected chi connectivity index (χ1v) is 10.9. The Bertz CT molecular complexity index is 1360. The van der Waals surface area contributed by atoms with E-state index in [1.807, 2.05) is 6.92 Å². The fourth-order valence-corrected chi connectivity index (χ4v) is 4.99. The number of carbonyl (C=O) groups excluding carboxylic acids is 2. The van der Waals surface area contributed by atoms with Gasteiger partial charge in [0.1, 0.15) is 23.4 Å². The van der Waals surface area contributed by atoms with Crippen LogP contribution in [0.3, 0.4) is 0 Å². The maximum absolute atomic E-state index is 13.6. The third kappa shape index (κ3) is 3.10. The number of aliphatic hydroxyl groups is 2. The number of phenols is 2. The summed E-state index contributed by atoms with van der Waals surface area (Å²) < 4.78 is 11.2. The van der Waals surface area contributed by atoms with Crippen molar-refractivity contribution >= 4 is 22.3 Å². The van der Waals surface area contributed by atoms with Crippen LogP contribution in [0.15, 0.2) is 30.3 Å². The molecule has 3 aromatic rings. The molecule has 2 aliphatic rings. The van der Waals surface area contributed by atoms with Crippen LogP contribution in [0.4, 0.5) is 0 Å². The van der Waals surface area contributed by atoms with E-state index >= 15 is 0 Å². The number of aryl methyl sites for hydroxylation is 1. The normalized spacial score (nSPS) is 24.1. The smallest absolute Gasteiger partial charge is 0.198 e. The van der Waals surface area contributed by atoms with Crippen molar-refractivity contribution in [2.45, 2.75) is 44.7 Å². The third-order valence-electron chi connectivity index (χ3n) is 6.77. The molecule has 0 unspecified atom stereocenters. The molecule has 1 aliphatic carbocycles. The number of ketones is 2. The minimum Gasteiger partial charge on any atom is -0.507 e. The van der Waals surface area contributed by atoms with Gasteiger partial charge in [-0.3, -0.25) is 9.59 Å². The first-order chi connectivity index (χ1) is 16.1. The fraction of sp³-hybridized carbons (Fsp3) is 0.308. The highest BCUT2D eigenvalue weighted by molar-refractivity contribution is 6.32. The van der Waals surface area contributed by atoms with Crippen molar-refractivity contribution in [2.24, 2.45) is 0 Å². The average molecular weight is 464 g/mol. The second-order valence-corrected chi connectivity index (χ2v) is 8.92. The van der Waals surface area contributed by atoms with Gasteiger partial charge in [-0.15, -0.1) is 0 Å². The minimum absolute atomic E-state index is 0.0125. The topological polar surface area (TPSA) is 134 Å². The van der Waals surface area contributed by atoms with Gasteiger partial charge in [-0.1, -0.05) is 6.07 Å². The van der Waals surface area contributed by atoms with Gasteiger partial charge < -0.3 is 29.9 Å². The van der Waals surface area contributed by atoms with Crippen LogP contribution in [-0.2, 0) is 4.74 Å². The molecule has 34 heavy (non-hydrogen) atoms. The number of carbonyl (C=O) groups is 2. The third-order valence-corrected chi connectivity index (χ3v) is 6.77. The Labute approximate surface area is 195 Å². The Morgan fingerprint density at radius 1 is 0.941 bits per heavy atom. The van der Waals surface area contributed by atoms with Crippen LogP contribution in [0.25, 0.3) is 10.8 Å². The van der Waals surface area contributed by atoms with Crippen LogP contribution in [0.1, 0.15) is 62.4 Å². The molecular formula is C26H24O8. The van der Waals surface area contributed by atoms with Gasteiger partial charge in [-0.2, -0.15) is 0 Å². The van der Waals surface area contributed by atoms with Crippen molar-refractivity contribution in [1.29, 1.82) is 0 Å². The summed E-state index contributed by atoms with van der Waals surface area (Å²) in [5.74, 6) is -1.50. The van der Waals surface area contributed by atoms with Crippen molar-refractivity contribution in [3.63, 3.8) is 0 Å². The second-order valence-electron chi connectivity index (χ2n) is 8.92. The summed E-state index contributed by atoms with van der Waals surface area (Å²) in [6, 6.07) is 7.85. The van der Waals surface area contributed by atoms with E-state index in [2.05, 4.69) is 0 Å². The molecule has 5 rings (SSSR count). The standard InChI is InChI=1S/C26H24O8/c1-10-6-15-14(18(7-10)33-3)8-16-21(25(15)31)24(30)13-5-4-12(23(29)20(13)26(16)32)19-9-17(27)22(28)11(2)34-19/h4-8,11,17,19,22,27-29,31H,9H2,1-3H3/t11-,17-,19-,22-/m1/s1. The SMILES string of the molecule is COc1cc(C)cc2c(O)c3c(cc12)C(=O)c1c(ccc([C@H]2C[C@@H](O)[C@H](O)[C@@H](C)O2)c1O)C3=O. The molecule has 0 bridgehead atoms. The lowest BCUT2D eigenvalue weighted by molar-refractivity contribution is -0.163. The molecule has 8 heteroatoms. The summed E-state index contributed by atoms with van der Waals surface area (Å²) in [5.41, 5.74) is 0.677. The van der Waals surface area contributed by atoms with E-state index in [1.165, 1.54) is 25.3 Å². The van der Waals surface area contributed by atoms with E-state index in [0.717, 1.165) is 5.56 Å².